The van der Waals surface area contributed by atoms with Crippen LogP contribution in [0.5, 0.6) is 0 Å². The maximum Gasteiger partial charge on any atom is 0.406 e. The van der Waals surface area contributed by atoms with Crippen LogP contribution in [-0.2, 0) is 9.59 Å². The zero-order valence-electron chi connectivity index (χ0n) is 11.5. The van der Waals surface area contributed by atoms with Gasteiger partial charge in [-0.15, -0.1) is 0 Å². The zero-order valence-corrected chi connectivity index (χ0v) is 11.5. The van der Waals surface area contributed by atoms with Crippen molar-refractivity contribution in [3.63, 3.8) is 0 Å². The van der Waals surface area contributed by atoms with E-state index in [0.29, 0.717) is 4.90 Å². The number of carbonyl (C=O) groups is 2. The van der Waals surface area contributed by atoms with Crippen LogP contribution in [0.3, 0.4) is 0 Å². The molecule has 1 N–H and O–H groups in total. The van der Waals surface area contributed by atoms with Gasteiger partial charge in [0.2, 0.25) is 5.91 Å². The van der Waals surface area contributed by atoms with Crippen LogP contribution >= 0.6 is 0 Å². The molecule has 0 aromatic heterocycles. The van der Waals surface area contributed by atoms with Crippen molar-refractivity contribution in [2.45, 2.75) is 40.3 Å². The number of rotatable bonds is 6. The molecule has 0 aromatic carbocycles. The van der Waals surface area contributed by atoms with Gasteiger partial charge in [0.15, 0.2) is 0 Å². The molecular formula is C12H20F3NO3. The fourth-order valence-electron chi connectivity index (χ4n) is 1.48. The van der Waals surface area contributed by atoms with Crippen molar-refractivity contribution in [2.24, 2.45) is 11.3 Å². The molecule has 0 atom stereocenters. The maximum absolute atomic E-state index is 12.4. The monoisotopic (exact) mass is 283 g/mol. The second kappa shape index (κ2) is 6.25. The standard InChI is InChI=1S/C12H20F3NO3/c1-8(2)6-16(7-12(13,14)15)9(17)5-11(3,4)10(18)19/h8H,5-7H2,1-4H3,(H,18,19). The molecule has 0 unspecified atom stereocenters. The van der Waals surface area contributed by atoms with E-state index in [4.69, 9.17) is 5.11 Å². The summed E-state index contributed by atoms with van der Waals surface area (Å²) in [7, 11) is 0. The van der Waals surface area contributed by atoms with Gasteiger partial charge >= 0.3 is 12.1 Å². The fourth-order valence-corrected chi connectivity index (χ4v) is 1.48. The third kappa shape index (κ3) is 7.03. The Morgan fingerprint density at radius 1 is 1.21 bits per heavy atom. The van der Waals surface area contributed by atoms with E-state index in [0.717, 1.165) is 0 Å². The lowest BCUT2D eigenvalue weighted by atomic mass is 9.89. The quantitative estimate of drug-likeness (QED) is 0.815. The van der Waals surface area contributed by atoms with Gasteiger partial charge in [-0.05, 0) is 19.8 Å². The van der Waals surface area contributed by atoms with E-state index in [2.05, 4.69) is 0 Å². The Morgan fingerprint density at radius 2 is 1.68 bits per heavy atom. The molecule has 0 radical (unpaired) electrons. The van der Waals surface area contributed by atoms with E-state index in [1.807, 2.05) is 0 Å². The van der Waals surface area contributed by atoms with Gasteiger partial charge in [0.05, 0.1) is 5.41 Å². The first-order valence-electron chi connectivity index (χ1n) is 5.93. The summed E-state index contributed by atoms with van der Waals surface area (Å²) < 4.78 is 37.2. The highest BCUT2D eigenvalue weighted by atomic mass is 19.4. The Morgan fingerprint density at radius 3 is 2.00 bits per heavy atom. The van der Waals surface area contributed by atoms with Crippen molar-refractivity contribution >= 4 is 11.9 Å². The Bertz CT molecular complexity index is 338. The fraction of sp³-hybridized carbons (Fsp3) is 0.833. The summed E-state index contributed by atoms with van der Waals surface area (Å²) in [6.45, 7) is 4.62. The summed E-state index contributed by atoms with van der Waals surface area (Å²) in [6.07, 6.45) is -4.94. The number of carboxylic acids is 1. The zero-order chi connectivity index (χ0) is 15.4. The number of carbonyl (C=O) groups excluding carboxylic acids is 1. The second-order valence-corrected chi connectivity index (χ2v) is 5.65. The second-order valence-electron chi connectivity index (χ2n) is 5.65. The Hall–Kier alpha value is -1.27. The van der Waals surface area contributed by atoms with Crippen LogP contribution in [0.1, 0.15) is 34.1 Å². The summed E-state index contributed by atoms with van der Waals surface area (Å²) in [4.78, 5) is 23.4. The van der Waals surface area contributed by atoms with Gasteiger partial charge in [-0.25, -0.2) is 0 Å². The average Bonchev–Trinajstić information content (AvgIpc) is 2.12. The summed E-state index contributed by atoms with van der Waals surface area (Å²) in [5, 5.41) is 8.89. The molecule has 0 saturated carbocycles. The van der Waals surface area contributed by atoms with E-state index in [-0.39, 0.29) is 12.5 Å². The number of carboxylic acid groups (broad SMARTS) is 1. The molecular weight excluding hydrogens is 263 g/mol. The molecule has 112 valence electrons. The first kappa shape index (κ1) is 17.7. The minimum atomic E-state index is -4.49. The molecule has 7 heteroatoms. The number of halogens is 3. The Kier molecular flexibility index (Phi) is 5.83. The van der Waals surface area contributed by atoms with Crippen LogP contribution < -0.4 is 0 Å². The first-order valence-corrected chi connectivity index (χ1v) is 5.93. The van der Waals surface area contributed by atoms with Gasteiger partial charge in [-0.2, -0.15) is 13.2 Å². The first-order chi connectivity index (χ1) is 8.35. The molecule has 0 aromatic rings. The SMILES string of the molecule is CC(C)CN(CC(F)(F)F)C(=O)CC(C)(C)C(=O)O. The van der Waals surface area contributed by atoms with Crippen LogP contribution in [0.15, 0.2) is 0 Å². The third-order valence-electron chi connectivity index (χ3n) is 2.48. The van der Waals surface area contributed by atoms with Crippen molar-refractivity contribution < 1.29 is 27.9 Å². The molecule has 0 saturated heterocycles. The molecule has 0 bridgehead atoms. The molecule has 19 heavy (non-hydrogen) atoms. The lowest BCUT2D eigenvalue weighted by Gasteiger charge is -2.28. The Labute approximate surface area is 110 Å². The van der Waals surface area contributed by atoms with E-state index < -0.39 is 36.4 Å². The molecule has 0 aliphatic carbocycles. The van der Waals surface area contributed by atoms with Crippen LogP contribution in [-0.4, -0.2) is 41.1 Å². The van der Waals surface area contributed by atoms with Crippen LogP contribution in [0.2, 0.25) is 0 Å². The molecule has 1 amide bonds. The summed E-state index contributed by atoms with van der Waals surface area (Å²) in [6, 6.07) is 0. The summed E-state index contributed by atoms with van der Waals surface area (Å²) in [5.41, 5.74) is -1.38. The van der Waals surface area contributed by atoms with Crippen molar-refractivity contribution in [1.29, 1.82) is 0 Å². The minimum absolute atomic E-state index is 0.0476. The normalized spacial score (nSPS) is 12.6. The highest BCUT2D eigenvalue weighted by molar-refractivity contribution is 5.84. The van der Waals surface area contributed by atoms with Gasteiger partial charge in [0.1, 0.15) is 6.54 Å². The number of hydrogen-bond acceptors (Lipinski definition) is 2. The topological polar surface area (TPSA) is 57.6 Å². The highest BCUT2D eigenvalue weighted by Gasteiger charge is 2.37. The van der Waals surface area contributed by atoms with Gasteiger partial charge in [-0.3, -0.25) is 9.59 Å². The molecule has 0 aliphatic heterocycles. The van der Waals surface area contributed by atoms with E-state index >= 15 is 0 Å². The van der Waals surface area contributed by atoms with Gasteiger partial charge in [-0.1, -0.05) is 13.8 Å². The summed E-state index contributed by atoms with van der Waals surface area (Å²) in [5.74, 6) is -2.13. The van der Waals surface area contributed by atoms with E-state index in [1.165, 1.54) is 13.8 Å². The van der Waals surface area contributed by atoms with Crippen LogP contribution in [0.4, 0.5) is 13.2 Å². The number of hydrogen-bond donors (Lipinski definition) is 1. The molecule has 0 rings (SSSR count). The number of aliphatic carboxylic acids is 1. The number of nitrogens with zero attached hydrogens (tertiary/aromatic N) is 1. The van der Waals surface area contributed by atoms with Gasteiger partial charge in [0, 0.05) is 13.0 Å². The molecule has 4 nitrogen and oxygen atoms in total. The smallest absolute Gasteiger partial charge is 0.406 e. The number of alkyl halides is 3. The highest BCUT2D eigenvalue weighted by Crippen LogP contribution is 2.24. The van der Waals surface area contributed by atoms with Crippen LogP contribution in [0, 0.1) is 11.3 Å². The minimum Gasteiger partial charge on any atom is -0.481 e. The molecule has 0 fully saturated rings. The van der Waals surface area contributed by atoms with E-state index in [1.54, 1.807) is 13.8 Å². The lowest BCUT2D eigenvalue weighted by molar-refractivity contribution is -0.165. The van der Waals surface area contributed by atoms with Gasteiger partial charge in [0.25, 0.3) is 0 Å². The van der Waals surface area contributed by atoms with Gasteiger partial charge < -0.3 is 10.0 Å². The van der Waals surface area contributed by atoms with E-state index in [9.17, 15) is 22.8 Å². The molecule has 0 spiro atoms. The number of amides is 1. The van der Waals surface area contributed by atoms with Crippen molar-refractivity contribution in [2.75, 3.05) is 13.1 Å². The lowest BCUT2D eigenvalue weighted by Crippen LogP contribution is -2.43. The van der Waals surface area contributed by atoms with Crippen molar-refractivity contribution in [1.82, 2.24) is 4.90 Å². The van der Waals surface area contributed by atoms with Crippen molar-refractivity contribution in [3.05, 3.63) is 0 Å². The molecule has 0 aliphatic rings. The molecule has 0 heterocycles. The predicted octanol–water partition coefficient (Wildman–Crippen LogP) is 2.53. The Balaban J connectivity index is 4.87. The summed E-state index contributed by atoms with van der Waals surface area (Å²) >= 11 is 0. The average molecular weight is 283 g/mol. The van der Waals surface area contributed by atoms with Crippen molar-refractivity contribution in [3.8, 4) is 0 Å². The van der Waals surface area contributed by atoms with Crippen LogP contribution in [0.25, 0.3) is 0 Å². The maximum atomic E-state index is 12.4. The predicted molar refractivity (Wildman–Crippen MR) is 63.5 cm³/mol. The largest absolute Gasteiger partial charge is 0.481 e. The third-order valence-corrected chi connectivity index (χ3v) is 2.48.